The lowest BCUT2D eigenvalue weighted by molar-refractivity contribution is -0.131. The van der Waals surface area contributed by atoms with Crippen molar-refractivity contribution in [1.29, 1.82) is 0 Å². The highest BCUT2D eigenvalue weighted by molar-refractivity contribution is 7.10. The molecule has 0 saturated carbocycles. The molecular weight excluding hydrogens is 278 g/mol. The first-order valence-corrected chi connectivity index (χ1v) is 6.69. The van der Waals surface area contributed by atoms with Gasteiger partial charge in [-0.1, -0.05) is 11.8 Å². The zero-order valence-electron chi connectivity index (χ0n) is 10.9. The smallest absolute Gasteiger partial charge is 0.244 e. The van der Waals surface area contributed by atoms with Crippen LogP contribution in [0.5, 0.6) is 0 Å². The van der Waals surface area contributed by atoms with Crippen molar-refractivity contribution in [1.82, 2.24) is 25.1 Å². The monoisotopic (exact) mass is 291 g/mol. The third-order valence-electron chi connectivity index (χ3n) is 2.48. The van der Waals surface area contributed by atoms with Gasteiger partial charge in [-0.15, -0.1) is 16.4 Å². The molecule has 0 aliphatic heterocycles. The number of likely N-dealkylation sites (N-methyl/N-ethyl adjacent to an activating group) is 1. The Morgan fingerprint density at radius 1 is 1.60 bits per heavy atom. The Labute approximate surface area is 119 Å². The van der Waals surface area contributed by atoms with Gasteiger partial charge in [0, 0.05) is 13.6 Å². The number of carbonyl (C=O) groups excluding carboxylic acids is 1. The first-order valence-electron chi connectivity index (χ1n) is 5.81. The molecule has 0 radical (unpaired) electrons. The van der Waals surface area contributed by atoms with Crippen LogP contribution in [0.15, 0.2) is 17.8 Å². The summed E-state index contributed by atoms with van der Waals surface area (Å²) in [7, 11) is 1.73. The van der Waals surface area contributed by atoms with E-state index in [1.807, 2.05) is 11.4 Å². The summed E-state index contributed by atoms with van der Waals surface area (Å²) in [5.41, 5.74) is 1.00. The molecule has 0 fully saturated rings. The van der Waals surface area contributed by atoms with Gasteiger partial charge in [-0.05, 0) is 27.4 Å². The highest BCUT2D eigenvalue weighted by Gasteiger charge is 2.11. The summed E-state index contributed by atoms with van der Waals surface area (Å²) in [6.07, 6.45) is 1.40. The average molecular weight is 291 g/mol. The van der Waals surface area contributed by atoms with Crippen molar-refractivity contribution in [3.8, 4) is 11.8 Å². The van der Waals surface area contributed by atoms with E-state index in [2.05, 4.69) is 27.4 Å². The van der Waals surface area contributed by atoms with E-state index in [0.717, 1.165) is 10.4 Å². The largest absolute Gasteiger partial charge is 0.384 e. The van der Waals surface area contributed by atoms with Crippen LogP contribution in [0.25, 0.3) is 0 Å². The van der Waals surface area contributed by atoms with Gasteiger partial charge >= 0.3 is 0 Å². The Morgan fingerprint density at radius 3 is 3.15 bits per heavy atom. The number of hydrogen-bond acceptors (Lipinski definition) is 6. The van der Waals surface area contributed by atoms with Crippen molar-refractivity contribution >= 4 is 17.2 Å². The number of nitrogens with zero attached hydrogens (tertiary/aromatic N) is 5. The number of tetrazole rings is 1. The molecule has 1 amide bonds. The molecule has 0 aromatic carbocycles. The molecule has 0 bridgehead atoms. The van der Waals surface area contributed by atoms with E-state index in [1.165, 1.54) is 22.3 Å². The number of hydrogen-bond donors (Lipinski definition) is 1. The summed E-state index contributed by atoms with van der Waals surface area (Å²) >= 11 is 1.49. The summed E-state index contributed by atoms with van der Waals surface area (Å²) < 4.78 is 1.38. The van der Waals surface area contributed by atoms with E-state index in [0.29, 0.717) is 6.54 Å². The minimum absolute atomic E-state index is 0.0773. The number of aliphatic hydroxyl groups is 1. The van der Waals surface area contributed by atoms with Crippen molar-refractivity contribution in [2.45, 2.75) is 13.1 Å². The van der Waals surface area contributed by atoms with Gasteiger partial charge in [-0.3, -0.25) is 4.79 Å². The number of aromatic nitrogens is 4. The van der Waals surface area contributed by atoms with Gasteiger partial charge in [0.25, 0.3) is 0 Å². The third kappa shape index (κ3) is 3.88. The van der Waals surface area contributed by atoms with Gasteiger partial charge in [0.2, 0.25) is 5.91 Å². The van der Waals surface area contributed by atoms with Crippen molar-refractivity contribution in [3.05, 3.63) is 28.2 Å². The molecule has 8 heteroatoms. The fourth-order valence-corrected chi connectivity index (χ4v) is 2.30. The summed E-state index contributed by atoms with van der Waals surface area (Å²) in [6, 6.07) is 1.91. The molecular formula is C12H13N5O2S. The number of thiophene rings is 1. The fraction of sp³-hybridized carbons (Fsp3) is 0.333. The highest BCUT2D eigenvalue weighted by Crippen LogP contribution is 2.15. The second kappa shape index (κ2) is 6.79. The Morgan fingerprint density at radius 2 is 2.45 bits per heavy atom. The van der Waals surface area contributed by atoms with E-state index >= 15 is 0 Å². The summed E-state index contributed by atoms with van der Waals surface area (Å²) in [6.45, 7) is 0.459. The molecule has 0 spiro atoms. The standard InChI is InChI=1S/C12H13N5O2S/c1-16(12(19)7-17-9-13-14-15-17)6-10-5-11(20-8-10)3-2-4-18/h5,8-9,18H,4,6-7H2,1H3. The van der Waals surface area contributed by atoms with Crippen LogP contribution in [0.2, 0.25) is 0 Å². The number of aliphatic hydroxyl groups excluding tert-OH is 1. The van der Waals surface area contributed by atoms with Crippen LogP contribution < -0.4 is 0 Å². The van der Waals surface area contributed by atoms with Crippen molar-refractivity contribution in [2.24, 2.45) is 0 Å². The van der Waals surface area contributed by atoms with Crippen LogP contribution in [0, 0.1) is 11.8 Å². The molecule has 0 saturated heterocycles. The summed E-state index contributed by atoms with van der Waals surface area (Å²) in [5, 5.41) is 21.2. The SMILES string of the molecule is CN(Cc1csc(C#CCO)c1)C(=O)Cn1cnnn1. The molecule has 2 rings (SSSR count). The molecule has 1 N–H and O–H groups in total. The molecule has 7 nitrogen and oxygen atoms in total. The molecule has 20 heavy (non-hydrogen) atoms. The zero-order chi connectivity index (χ0) is 14.4. The second-order valence-electron chi connectivity index (χ2n) is 4.04. The molecule has 0 aliphatic carbocycles. The van der Waals surface area contributed by atoms with E-state index in [1.54, 1.807) is 11.9 Å². The highest BCUT2D eigenvalue weighted by atomic mass is 32.1. The summed E-state index contributed by atoms with van der Waals surface area (Å²) in [5.74, 6) is 5.35. The van der Waals surface area contributed by atoms with Gasteiger partial charge in [0.05, 0.1) is 4.88 Å². The van der Waals surface area contributed by atoms with Crippen molar-refractivity contribution in [2.75, 3.05) is 13.7 Å². The minimum Gasteiger partial charge on any atom is -0.384 e. The molecule has 104 valence electrons. The van der Waals surface area contributed by atoms with Crippen LogP contribution in [-0.4, -0.2) is 49.8 Å². The molecule has 2 heterocycles. The molecule has 0 atom stereocenters. The van der Waals surface area contributed by atoms with Crippen LogP contribution in [-0.2, 0) is 17.9 Å². The number of amides is 1. The summed E-state index contributed by atoms with van der Waals surface area (Å²) in [4.78, 5) is 14.4. The lowest BCUT2D eigenvalue weighted by Crippen LogP contribution is -2.29. The van der Waals surface area contributed by atoms with Gasteiger partial charge in [-0.2, -0.15) is 0 Å². The molecule has 0 unspecified atom stereocenters. The lowest BCUT2D eigenvalue weighted by Gasteiger charge is -2.15. The van der Waals surface area contributed by atoms with Crippen LogP contribution >= 0.6 is 11.3 Å². The van der Waals surface area contributed by atoms with Gasteiger partial charge in [0.15, 0.2) is 0 Å². The van der Waals surface area contributed by atoms with E-state index in [-0.39, 0.29) is 19.1 Å². The van der Waals surface area contributed by atoms with Crippen molar-refractivity contribution < 1.29 is 9.90 Å². The molecule has 0 aliphatic rings. The Bertz CT molecular complexity index is 626. The normalized spacial score (nSPS) is 9.90. The number of carbonyl (C=O) groups is 1. The maximum absolute atomic E-state index is 11.9. The molecule has 2 aromatic rings. The first-order chi connectivity index (χ1) is 9.69. The Hall–Kier alpha value is -2.24. The van der Waals surface area contributed by atoms with Crippen LogP contribution in [0.4, 0.5) is 0 Å². The van der Waals surface area contributed by atoms with Crippen molar-refractivity contribution in [3.63, 3.8) is 0 Å². The fourth-order valence-electron chi connectivity index (χ4n) is 1.52. The average Bonchev–Trinajstić information content (AvgIpc) is 3.08. The Balaban J connectivity index is 1.92. The van der Waals surface area contributed by atoms with E-state index < -0.39 is 0 Å². The molecule has 2 aromatic heterocycles. The Kier molecular flexibility index (Phi) is 4.81. The maximum Gasteiger partial charge on any atom is 0.244 e. The van der Waals surface area contributed by atoms with E-state index in [4.69, 9.17) is 5.11 Å². The zero-order valence-corrected chi connectivity index (χ0v) is 11.7. The van der Waals surface area contributed by atoms with E-state index in [9.17, 15) is 4.79 Å². The van der Waals surface area contributed by atoms with Gasteiger partial charge < -0.3 is 10.0 Å². The topological polar surface area (TPSA) is 84.1 Å². The predicted molar refractivity (Wildman–Crippen MR) is 72.6 cm³/mol. The predicted octanol–water partition coefficient (Wildman–Crippen LogP) is -0.263. The maximum atomic E-state index is 11.9. The lowest BCUT2D eigenvalue weighted by atomic mass is 10.3. The van der Waals surface area contributed by atoms with Crippen LogP contribution in [0.3, 0.4) is 0 Å². The number of rotatable bonds is 4. The van der Waals surface area contributed by atoms with Gasteiger partial charge in [-0.25, -0.2) is 4.68 Å². The van der Waals surface area contributed by atoms with Crippen LogP contribution in [0.1, 0.15) is 10.4 Å². The minimum atomic E-state index is -0.155. The first kappa shape index (κ1) is 14.2. The third-order valence-corrected chi connectivity index (χ3v) is 3.37. The second-order valence-corrected chi connectivity index (χ2v) is 4.95. The quantitative estimate of drug-likeness (QED) is 0.784. The van der Waals surface area contributed by atoms with Gasteiger partial charge in [0.1, 0.15) is 19.5 Å².